The summed E-state index contributed by atoms with van der Waals surface area (Å²) in [6.07, 6.45) is 0. The number of hydrogen-bond donors (Lipinski definition) is 3. The third-order valence-corrected chi connectivity index (χ3v) is 2.80. The van der Waals surface area contributed by atoms with Crippen LogP contribution in [0, 0.1) is 0 Å². The lowest BCUT2D eigenvalue weighted by Crippen LogP contribution is -2.30. The van der Waals surface area contributed by atoms with Crippen LogP contribution in [0.25, 0.3) is 0 Å². The maximum atomic E-state index is 12.2. The van der Waals surface area contributed by atoms with Crippen molar-refractivity contribution in [2.45, 2.75) is 0 Å². The molecule has 6 heteroatoms. The Bertz CT molecular complexity index is 601. The Labute approximate surface area is 117 Å². The van der Waals surface area contributed by atoms with E-state index in [4.69, 9.17) is 14.8 Å². The summed E-state index contributed by atoms with van der Waals surface area (Å²) in [5.74, 6) is -0.0453. The van der Waals surface area contributed by atoms with Gasteiger partial charge in [0, 0.05) is 5.69 Å². The van der Waals surface area contributed by atoms with E-state index < -0.39 is 7.12 Å². The smallest absolute Gasteiger partial charge is 0.488 e. The highest BCUT2D eigenvalue weighted by atomic mass is 16.5. The second kappa shape index (κ2) is 6.23. The molecular weight excluding hydrogens is 257 g/mol. The summed E-state index contributed by atoms with van der Waals surface area (Å²) in [5.41, 5.74) is 1.25. The molecule has 0 saturated heterocycles. The predicted octanol–water partition coefficient (Wildman–Crippen LogP) is 0.627. The Balaban J connectivity index is 2.25. The maximum Gasteiger partial charge on any atom is 0.488 e. The molecule has 3 N–H and O–H groups in total. The molecule has 1 amide bonds. The van der Waals surface area contributed by atoms with Crippen molar-refractivity contribution in [2.75, 3.05) is 12.4 Å². The van der Waals surface area contributed by atoms with Gasteiger partial charge in [-0.25, -0.2) is 0 Å². The molecule has 0 bridgehead atoms. The minimum absolute atomic E-state index is 0.262. The number of amides is 1. The molecule has 0 fully saturated rings. The molecule has 0 aromatic heterocycles. The first-order chi connectivity index (χ1) is 9.61. The van der Waals surface area contributed by atoms with E-state index in [9.17, 15) is 4.79 Å². The lowest BCUT2D eigenvalue weighted by molar-refractivity contribution is 0.102. The van der Waals surface area contributed by atoms with E-state index in [-0.39, 0.29) is 17.1 Å². The molecule has 2 aromatic rings. The lowest BCUT2D eigenvalue weighted by atomic mass is 9.80. The van der Waals surface area contributed by atoms with Gasteiger partial charge in [0.2, 0.25) is 0 Å². The number of hydrogen-bond acceptors (Lipinski definition) is 4. The Morgan fingerprint density at radius 2 is 1.85 bits per heavy atom. The molecule has 0 heterocycles. The molecule has 20 heavy (non-hydrogen) atoms. The molecule has 0 spiro atoms. The van der Waals surface area contributed by atoms with E-state index in [1.54, 1.807) is 12.1 Å². The molecule has 0 saturated carbocycles. The first-order valence-corrected chi connectivity index (χ1v) is 6.02. The Hall–Kier alpha value is -2.31. The second-order valence-electron chi connectivity index (χ2n) is 4.15. The van der Waals surface area contributed by atoms with Crippen molar-refractivity contribution in [1.29, 1.82) is 0 Å². The van der Waals surface area contributed by atoms with Crippen LogP contribution < -0.4 is 15.5 Å². The lowest BCUT2D eigenvalue weighted by Gasteiger charge is -2.11. The molecule has 0 aliphatic rings. The van der Waals surface area contributed by atoms with Crippen LogP contribution in [0.4, 0.5) is 5.69 Å². The number of rotatable bonds is 4. The van der Waals surface area contributed by atoms with Crippen LogP contribution in [0.2, 0.25) is 0 Å². The van der Waals surface area contributed by atoms with E-state index in [0.717, 1.165) is 0 Å². The van der Waals surface area contributed by atoms with Crippen LogP contribution in [-0.4, -0.2) is 30.2 Å². The molecule has 0 aliphatic carbocycles. The van der Waals surface area contributed by atoms with Crippen LogP contribution in [0.1, 0.15) is 10.4 Å². The van der Waals surface area contributed by atoms with Gasteiger partial charge in [0.05, 0.1) is 12.7 Å². The highest BCUT2D eigenvalue weighted by Crippen LogP contribution is 2.18. The van der Waals surface area contributed by atoms with Gasteiger partial charge >= 0.3 is 7.12 Å². The van der Waals surface area contributed by atoms with Gasteiger partial charge in [-0.05, 0) is 29.7 Å². The van der Waals surface area contributed by atoms with Crippen LogP contribution in [-0.2, 0) is 0 Å². The van der Waals surface area contributed by atoms with Crippen molar-refractivity contribution in [3.8, 4) is 5.75 Å². The summed E-state index contributed by atoms with van der Waals surface area (Å²) in [7, 11) is -0.183. The molecule has 0 radical (unpaired) electrons. The Morgan fingerprint density at radius 1 is 1.15 bits per heavy atom. The average Bonchev–Trinajstić information content (AvgIpc) is 2.47. The summed E-state index contributed by atoms with van der Waals surface area (Å²) in [5, 5.41) is 21.0. The number of carbonyl (C=O) groups excluding carboxylic acids is 1. The molecule has 5 nitrogen and oxygen atoms in total. The first kappa shape index (κ1) is 14.1. The molecule has 0 aliphatic heterocycles. The van der Waals surface area contributed by atoms with Gasteiger partial charge in [0.15, 0.2) is 0 Å². The van der Waals surface area contributed by atoms with Gasteiger partial charge in [0.25, 0.3) is 5.91 Å². The number of methoxy groups -OCH3 is 1. The van der Waals surface area contributed by atoms with Gasteiger partial charge < -0.3 is 20.1 Å². The highest BCUT2D eigenvalue weighted by Gasteiger charge is 2.17. The van der Waals surface area contributed by atoms with Crippen molar-refractivity contribution >= 4 is 24.2 Å². The molecule has 2 aromatic carbocycles. The third-order valence-electron chi connectivity index (χ3n) is 2.80. The number of ether oxygens (including phenoxy) is 1. The topological polar surface area (TPSA) is 78.8 Å². The Kier molecular flexibility index (Phi) is 4.39. The third kappa shape index (κ3) is 3.17. The second-order valence-corrected chi connectivity index (χ2v) is 4.15. The quantitative estimate of drug-likeness (QED) is 0.712. The summed E-state index contributed by atoms with van der Waals surface area (Å²) >= 11 is 0. The van der Waals surface area contributed by atoms with Crippen molar-refractivity contribution in [2.24, 2.45) is 0 Å². The van der Waals surface area contributed by atoms with Crippen LogP contribution in [0.15, 0.2) is 48.5 Å². The van der Waals surface area contributed by atoms with Crippen molar-refractivity contribution in [3.63, 3.8) is 0 Å². The number of carbonyl (C=O) groups is 1. The van der Waals surface area contributed by atoms with Gasteiger partial charge in [-0.3, -0.25) is 4.79 Å². The number of nitrogens with one attached hydrogen (secondary N) is 1. The van der Waals surface area contributed by atoms with Gasteiger partial charge in [-0.2, -0.15) is 0 Å². The standard InChI is InChI=1S/C14H14BNO4/c1-20-13-9-10(15(18)19)7-8-12(13)14(17)16-11-5-3-2-4-6-11/h2-9,18-19H,1H3,(H,16,17). The monoisotopic (exact) mass is 271 g/mol. The van der Waals surface area contributed by atoms with Crippen LogP contribution in [0.3, 0.4) is 0 Å². The summed E-state index contributed by atoms with van der Waals surface area (Å²) < 4.78 is 5.11. The summed E-state index contributed by atoms with van der Waals surface area (Å²) in [6.45, 7) is 0. The normalized spacial score (nSPS) is 9.95. The van der Waals surface area contributed by atoms with Crippen LogP contribution in [0.5, 0.6) is 5.75 Å². The number of para-hydroxylation sites is 1. The molecular formula is C14H14BNO4. The van der Waals surface area contributed by atoms with E-state index in [2.05, 4.69) is 5.32 Å². The summed E-state index contributed by atoms with van der Waals surface area (Å²) in [4.78, 5) is 12.2. The fourth-order valence-corrected chi connectivity index (χ4v) is 1.78. The Morgan fingerprint density at radius 3 is 2.45 bits per heavy atom. The van der Waals surface area contributed by atoms with Crippen molar-refractivity contribution in [1.82, 2.24) is 0 Å². The first-order valence-electron chi connectivity index (χ1n) is 6.02. The maximum absolute atomic E-state index is 12.2. The summed E-state index contributed by atoms with van der Waals surface area (Å²) in [6, 6.07) is 13.4. The van der Waals surface area contributed by atoms with E-state index >= 15 is 0 Å². The largest absolute Gasteiger partial charge is 0.496 e. The molecule has 0 atom stereocenters. The number of benzene rings is 2. The fourth-order valence-electron chi connectivity index (χ4n) is 1.78. The molecule has 2 rings (SSSR count). The van der Waals surface area contributed by atoms with Crippen molar-refractivity contribution in [3.05, 3.63) is 54.1 Å². The zero-order chi connectivity index (χ0) is 14.5. The SMILES string of the molecule is COc1cc(B(O)O)ccc1C(=O)Nc1ccccc1. The highest BCUT2D eigenvalue weighted by molar-refractivity contribution is 6.58. The zero-order valence-corrected chi connectivity index (χ0v) is 10.9. The zero-order valence-electron chi connectivity index (χ0n) is 10.9. The van der Waals surface area contributed by atoms with E-state index in [0.29, 0.717) is 11.3 Å². The predicted molar refractivity (Wildman–Crippen MR) is 77.2 cm³/mol. The molecule has 102 valence electrons. The van der Waals surface area contributed by atoms with Crippen molar-refractivity contribution < 1.29 is 19.6 Å². The average molecular weight is 271 g/mol. The number of anilines is 1. The molecule has 0 unspecified atom stereocenters. The minimum atomic E-state index is -1.60. The van der Waals surface area contributed by atoms with Gasteiger partial charge in [-0.1, -0.05) is 24.3 Å². The van der Waals surface area contributed by atoms with Crippen LogP contribution >= 0.6 is 0 Å². The van der Waals surface area contributed by atoms with E-state index in [1.807, 2.05) is 18.2 Å². The minimum Gasteiger partial charge on any atom is -0.496 e. The fraction of sp³-hybridized carbons (Fsp3) is 0.0714. The van der Waals surface area contributed by atoms with E-state index in [1.165, 1.54) is 25.3 Å². The van der Waals surface area contributed by atoms with Gasteiger partial charge in [0.1, 0.15) is 5.75 Å². The van der Waals surface area contributed by atoms with Gasteiger partial charge in [-0.15, -0.1) is 0 Å².